The lowest BCUT2D eigenvalue weighted by Crippen LogP contribution is -2.44. The van der Waals surface area contributed by atoms with Gasteiger partial charge in [-0.2, -0.15) is 5.10 Å². The molecule has 0 bridgehead atoms. The van der Waals surface area contributed by atoms with Crippen LogP contribution in [-0.4, -0.2) is 51.9 Å². The molecule has 1 fully saturated rings. The van der Waals surface area contributed by atoms with Crippen LogP contribution in [0.5, 0.6) is 0 Å². The summed E-state index contributed by atoms with van der Waals surface area (Å²) in [5.74, 6) is 0.695. The van der Waals surface area contributed by atoms with Crippen LogP contribution in [0.3, 0.4) is 0 Å². The first-order valence-electron chi connectivity index (χ1n) is 11.5. The van der Waals surface area contributed by atoms with Crippen molar-refractivity contribution in [3.05, 3.63) is 53.3 Å². The largest absolute Gasteiger partial charge is 0.383 e. The number of hydrogen-bond acceptors (Lipinski definition) is 4. The molecule has 0 saturated carbocycles. The summed E-state index contributed by atoms with van der Waals surface area (Å²) in [6.07, 6.45) is 8.90. The van der Waals surface area contributed by atoms with Gasteiger partial charge in [-0.05, 0) is 50.9 Å². The fourth-order valence-corrected chi connectivity index (χ4v) is 3.87. The van der Waals surface area contributed by atoms with Crippen LogP contribution >= 0.6 is 24.0 Å². The molecule has 0 spiro atoms. The maximum absolute atomic E-state index is 10.8. The number of hydrogen-bond donors (Lipinski definition) is 3. The molecule has 3 rings (SSSR count). The Morgan fingerprint density at radius 3 is 2.34 bits per heavy atom. The first-order valence-corrected chi connectivity index (χ1v) is 11.5. The van der Waals surface area contributed by atoms with Crippen LogP contribution in [0.15, 0.2) is 41.7 Å². The number of halogens is 1. The molecule has 3 N–H and O–H groups in total. The summed E-state index contributed by atoms with van der Waals surface area (Å²) in [5, 5.41) is 21.4. The molecular weight excluding hydrogens is 515 g/mol. The van der Waals surface area contributed by atoms with E-state index in [2.05, 4.69) is 44.9 Å². The van der Waals surface area contributed by atoms with Crippen LogP contribution < -0.4 is 10.6 Å². The molecule has 1 aliphatic heterocycles. The number of aliphatic hydroxyl groups is 1. The van der Waals surface area contributed by atoms with E-state index >= 15 is 0 Å². The molecule has 0 amide bonds. The summed E-state index contributed by atoms with van der Waals surface area (Å²) in [4.78, 5) is 7.27. The van der Waals surface area contributed by atoms with E-state index in [1.54, 1.807) is 17.8 Å². The van der Waals surface area contributed by atoms with Crippen molar-refractivity contribution in [1.29, 1.82) is 0 Å². The fourth-order valence-electron chi connectivity index (χ4n) is 3.87. The summed E-state index contributed by atoms with van der Waals surface area (Å²) < 4.78 is 1.69. The van der Waals surface area contributed by atoms with E-state index in [-0.39, 0.29) is 24.0 Å². The molecule has 1 aromatic heterocycles. The Bertz CT molecular complexity index is 825. The molecule has 1 saturated heterocycles. The van der Waals surface area contributed by atoms with Crippen molar-refractivity contribution in [1.82, 2.24) is 25.3 Å². The highest BCUT2D eigenvalue weighted by Crippen LogP contribution is 2.18. The Hall–Kier alpha value is -1.65. The zero-order valence-electron chi connectivity index (χ0n) is 19.7. The minimum absolute atomic E-state index is 0. The Balaban J connectivity index is 0.00000363. The SMILES string of the molecule is CCNC(=NCc1ccc(CN2CCCCCC2)cc1)NCC(C)(O)c1cnn(C)c1.I. The van der Waals surface area contributed by atoms with E-state index in [1.807, 2.05) is 20.2 Å². The maximum Gasteiger partial charge on any atom is 0.191 e. The van der Waals surface area contributed by atoms with Crippen molar-refractivity contribution in [2.75, 3.05) is 26.2 Å². The van der Waals surface area contributed by atoms with Gasteiger partial charge in [-0.1, -0.05) is 37.1 Å². The molecule has 8 heteroatoms. The lowest BCUT2D eigenvalue weighted by molar-refractivity contribution is 0.0616. The van der Waals surface area contributed by atoms with Crippen LogP contribution in [0.1, 0.15) is 56.2 Å². The van der Waals surface area contributed by atoms with Gasteiger partial charge in [0.15, 0.2) is 5.96 Å². The third-order valence-electron chi connectivity index (χ3n) is 5.82. The van der Waals surface area contributed by atoms with E-state index < -0.39 is 5.60 Å². The van der Waals surface area contributed by atoms with Gasteiger partial charge in [-0.15, -0.1) is 24.0 Å². The fraction of sp³-hybridized carbons (Fsp3) is 0.583. The molecule has 178 valence electrons. The molecule has 0 aliphatic carbocycles. The van der Waals surface area contributed by atoms with Crippen LogP contribution in [-0.2, 0) is 25.7 Å². The van der Waals surface area contributed by atoms with Gasteiger partial charge < -0.3 is 15.7 Å². The topological polar surface area (TPSA) is 77.7 Å². The van der Waals surface area contributed by atoms with Crippen molar-refractivity contribution in [2.45, 2.75) is 58.2 Å². The lowest BCUT2D eigenvalue weighted by Gasteiger charge is -2.23. The highest BCUT2D eigenvalue weighted by atomic mass is 127. The minimum atomic E-state index is -1.03. The highest BCUT2D eigenvalue weighted by molar-refractivity contribution is 14.0. The van der Waals surface area contributed by atoms with E-state index in [1.165, 1.54) is 49.9 Å². The van der Waals surface area contributed by atoms with Gasteiger partial charge in [0.1, 0.15) is 5.60 Å². The average Bonchev–Trinajstić information content (AvgIpc) is 3.04. The number of rotatable bonds is 8. The Labute approximate surface area is 209 Å². The van der Waals surface area contributed by atoms with Gasteiger partial charge in [0, 0.05) is 31.9 Å². The van der Waals surface area contributed by atoms with Gasteiger partial charge in [-0.25, -0.2) is 4.99 Å². The smallest absolute Gasteiger partial charge is 0.191 e. The van der Waals surface area contributed by atoms with Crippen LogP contribution in [0.2, 0.25) is 0 Å². The van der Waals surface area contributed by atoms with Crippen molar-refractivity contribution in [3.63, 3.8) is 0 Å². The predicted octanol–water partition coefficient (Wildman–Crippen LogP) is 3.38. The van der Waals surface area contributed by atoms with Gasteiger partial charge in [0.25, 0.3) is 0 Å². The number of nitrogens with zero attached hydrogens (tertiary/aromatic N) is 4. The number of aromatic nitrogens is 2. The molecule has 0 radical (unpaired) electrons. The number of aliphatic imine (C=N–C) groups is 1. The van der Waals surface area contributed by atoms with Crippen molar-refractivity contribution < 1.29 is 5.11 Å². The molecule has 2 aromatic rings. The summed E-state index contributed by atoms with van der Waals surface area (Å²) in [7, 11) is 1.84. The predicted molar refractivity (Wildman–Crippen MR) is 141 cm³/mol. The van der Waals surface area contributed by atoms with E-state index in [9.17, 15) is 5.11 Å². The normalized spacial score (nSPS) is 17.2. The highest BCUT2D eigenvalue weighted by Gasteiger charge is 2.25. The standard InChI is InChI=1S/C24H38N6O.HI/c1-4-25-23(27-19-24(2,31)22-16-28-29(3)18-22)26-15-20-9-11-21(12-10-20)17-30-13-7-5-6-8-14-30;/h9-12,16,18,31H,4-8,13-15,17,19H2,1-3H3,(H2,25,26,27);1H. The molecule has 1 unspecified atom stereocenters. The van der Waals surface area contributed by atoms with Crippen molar-refractivity contribution in [2.24, 2.45) is 12.0 Å². The number of nitrogens with one attached hydrogen (secondary N) is 2. The first kappa shape index (κ1) is 26.6. The molecule has 2 heterocycles. The van der Waals surface area contributed by atoms with Crippen LogP contribution in [0, 0.1) is 0 Å². The third kappa shape index (κ3) is 8.37. The second-order valence-corrected chi connectivity index (χ2v) is 8.73. The molecule has 1 aromatic carbocycles. The van der Waals surface area contributed by atoms with Gasteiger partial charge in [-0.3, -0.25) is 9.58 Å². The monoisotopic (exact) mass is 554 g/mol. The van der Waals surface area contributed by atoms with Gasteiger partial charge >= 0.3 is 0 Å². The second-order valence-electron chi connectivity index (χ2n) is 8.73. The van der Waals surface area contributed by atoms with Gasteiger partial charge in [0.2, 0.25) is 0 Å². The second kappa shape index (κ2) is 13.2. The molecule has 1 atom stereocenters. The lowest BCUT2D eigenvalue weighted by atomic mass is 10.00. The number of aryl methyl sites for hydroxylation is 1. The summed E-state index contributed by atoms with van der Waals surface area (Å²) in [5.41, 5.74) is 2.29. The number of guanidine groups is 1. The summed E-state index contributed by atoms with van der Waals surface area (Å²) >= 11 is 0. The Morgan fingerprint density at radius 2 is 1.75 bits per heavy atom. The van der Waals surface area contributed by atoms with Crippen LogP contribution in [0.25, 0.3) is 0 Å². The van der Waals surface area contributed by atoms with Crippen LogP contribution in [0.4, 0.5) is 0 Å². The quantitative estimate of drug-likeness (QED) is 0.265. The van der Waals surface area contributed by atoms with Gasteiger partial charge in [0.05, 0.1) is 19.3 Å². The first-order chi connectivity index (χ1) is 15.0. The van der Waals surface area contributed by atoms with E-state index in [4.69, 9.17) is 4.99 Å². The molecule has 1 aliphatic rings. The number of likely N-dealkylation sites (tertiary alicyclic amines) is 1. The number of benzene rings is 1. The average molecular weight is 555 g/mol. The Kier molecular flexibility index (Phi) is 10.9. The summed E-state index contributed by atoms with van der Waals surface area (Å²) in [6.45, 7) is 8.98. The molecule has 7 nitrogen and oxygen atoms in total. The van der Waals surface area contributed by atoms with Crippen molar-refractivity contribution >= 4 is 29.9 Å². The zero-order valence-corrected chi connectivity index (χ0v) is 22.0. The van der Waals surface area contributed by atoms with E-state index in [0.29, 0.717) is 19.0 Å². The van der Waals surface area contributed by atoms with Crippen molar-refractivity contribution in [3.8, 4) is 0 Å². The van der Waals surface area contributed by atoms with E-state index in [0.717, 1.165) is 18.7 Å². The third-order valence-corrected chi connectivity index (χ3v) is 5.82. The minimum Gasteiger partial charge on any atom is -0.383 e. The maximum atomic E-state index is 10.8. The summed E-state index contributed by atoms with van der Waals surface area (Å²) in [6, 6.07) is 8.80. The molecule has 32 heavy (non-hydrogen) atoms. The Morgan fingerprint density at radius 1 is 1.09 bits per heavy atom. The molecular formula is C24H39IN6O. The zero-order chi connectivity index (χ0) is 22.1.